The minimum atomic E-state index is -0.589. The van der Waals surface area contributed by atoms with Crippen molar-refractivity contribution in [3.05, 3.63) is 47.9 Å². The third-order valence-corrected chi connectivity index (χ3v) is 2.09. The molecule has 2 heterocycles. The maximum Gasteiger partial charge on any atom is 0.269 e. The number of primary amides is 1. The molecule has 6 nitrogen and oxygen atoms in total. The molecule has 86 valence electrons. The van der Waals surface area contributed by atoms with Gasteiger partial charge in [0, 0.05) is 6.20 Å². The molecule has 0 aromatic carbocycles. The zero-order valence-electron chi connectivity index (χ0n) is 9.00. The van der Waals surface area contributed by atoms with Gasteiger partial charge in [-0.3, -0.25) is 9.78 Å². The van der Waals surface area contributed by atoms with Crippen LogP contribution in [0.15, 0.2) is 36.5 Å². The molecule has 0 unspecified atom stereocenters. The minimum Gasteiger partial charge on any atom is -0.364 e. The fourth-order valence-electron chi connectivity index (χ4n) is 1.24. The number of carbonyl (C=O) groups is 1. The summed E-state index contributed by atoms with van der Waals surface area (Å²) in [6.45, 7) is 0.547. The van der Waals surface area contributed by atoms with Gasteiger partial charge in [0.15, 0.2) is 5.69 Å². The van der Waals surface area contributed by atoms with E-state index in [2.05, 4.69) is 20.5 Å². The van der Waals surface area contributed by atoms with Crippen molar-refractivity contribution >= 4 is 11.7 Å². The van der Waals surface area contributed by atoms with Gasteiger partial charge in [-0.1, -0.05) is 6.07 Å². The lowest BCUT2D eigenvalue weighted by molar-refractivity contribution is 0.0994. The average Bonchev–Trinajstić information content (AvgIpc) is 2.38. The number of rotatable bonds is 4. The second-order valence-corrected chi connectivity index (χ2v) is 3.34. The fourth-order valence-corrected chi connectivity index (χ4v) is 1.24. The number of anilines is 1. The van der Waals surface area contributed by atoms with Gasteiger partial charge in [-0.25, -0.2) is 0 Å². The molecule has 1 amide bonds. The molecule has 2 aromatic heterocycles. The molecule has 6 heteroatoms. The highest BCUT2D eigenvalue weighted by Crippen LogP contribution is 2.03. The summed E-state index contributed by atoms with van der Waals surface area (Å²) >= 11 is 0. The van der Waals surface area contributed by atoms with E-state index in [1.807, 2.05) is 18.2 Å². The van der Waals surface area contributed by atoms with E-state index in [0.717, 1.165) is 5.69 Å². The van der Waals surface area contributed by atoms with Crippen LogP contribution >= 0.6 is 0 Å². The van der Waals surface area contributed by atoms with Crippen LogP contribution in [0.1, 0.15) is 16.2 Å². The number of hydrogen-bond acceptors (Lipinski definition) is 5. The zero-order valence-corrected chi connectivity index (χ0v) is 9.00. The molecular weight excluding hydrogens is 218 g/mol. The number of nitrogens with one attached hydrogen (secondary N) is 1. The first-order valence-electron chi connectivity index (χ1n) is 5.03. The number of amides is 1. The van der Waals surface area contributed by atoms with Crippen molar-refractivity contribution in [3.8, 4) is 0 Å². The predicted molar refractivity (Wildman–Crippen MR) is 62.1 cm³/mol. The van der Waals surface area contributed by atoms with Crippen molar-refractivity contribution in [2.24, 2.45) is 5.73 Å². The van der Waals surface area contributed by atoms with E-state index in [1.165, 1.54) is 6.07 Å². The van der Waals surface area contributed by atoms with Gasteiger partial charge in [-0.2, -0.15) is 0 Å². The van der Waals surface area contributed by atoms with Gasteiger partial charge < -0.3 is 11.1 Å². The molecule has 0 saturated carbocycles. The molecule has 0 fully saturated rings. The molecule has 0 bridgehead atoms. The molecule has 0 saturated heterocycles. The number of pyridine rings is 1. The lowest BCUT2D eigenvalue weighted by Gasteiger charge is -2.03. The monoisotopic (exact) mass is 229 g/mol. The first kappa shape index (κ1) is 11.0. The molecule has 3 N–H and O–H groups in total. The Hall–Kier alpha value is -2.50. The summed E-state index contributed by atoms with van der Waals surface area (Å²) in [5.74, 6) is -0.0190. The largest absolute Gasteiger partial charge is 0.364 e. The number of hydrogen-bond donors (Lipinski definition) is 2. The number of nitrogens with two attached hydrogens (primary N) is 1. The van der Waals surface area contributed by atoms with Crippen LogP contribution in [0, 0.1) is 0 Å². The Kier molecular flexibility index (Phi) is 3.25. The van der Waals surface area contributed by atoms with Crippen molar-refractivity contribution in [1.82, 2.24) is 15.2 Å². The summed E-state index contributed by atoms with van der Waals surface area (Å²) in [7, 11) is 0. The van der Waals surface area contributed by atoms with Gasteiger partial charge in [0.25, 0.3) is 5.91 Å². The molecule has 17 heavy (non-hydrogen) atoms. The Balaban J connectivity index is 1.98. The van der Waals surface area contributed by atoms with E-state index >= 15 is 0 Å². The highest BCUT2D eigenvalue weighted by atomic mass is 16.1. The summed E-state index contributed by atoms with van der Waals surface area (Å²) in [5.41, 5.74) is 6.10. The van der Waals surface area contributed by atoms with E-state index in [9.17, 15) is 4.79 Å². The van der Waals surface area contributed by atoms with Crippen molar-refractivity contribution in [3.63, 3.8) is 0 Å². The molecule has 0 radical (unpaired) electrons. The van der Waals surface area contributed by atoms with E-state index in [1.54, 1.807) is 12.3 Å². The first-order chi connectivity index (χ1) is 8.25. The highest BCUT2D eigenvalue weighted by molar-refractivity contribution is 5.90. The van der Waals surface area contributed by atoms with Crippen LogP contribution in [0.3, 0.4) is 0 Å². The predicted octanol–water partition coefficient (Wildman–Crippen LogP) is 0.583. The van der Waals surface area contributed by atoms with Crippen LogP contribution in [0.4, 0.5) is 5.82 Å². The molecule has 0 atom stereocenters. The SMILES string of the molecule is NC(=O)c1ccc(NCc2ccccn2)nn1. The molecular formula is C11H11N5O. The Morgan fingerprint density at radius 2 is 2.12 bits per heavy atom. The Morgan fingerprint density at radius 1 is 1.24 bits per heavy atom. The second kappa shape index (κ2) is 5.02. The van der Waals surface area contributed by atoms with Gasteiger partial charge in [0.1, 0.15) is 5.82 Å². The lowest BCUT2D eigenvalue weighted by Crippen LogP contribution is -2.14. The zero-order chi connectivity index (χ0) is 12.1. The Morgan fingerprint density at radius 3 is 2.71 bits per heavy atom. The number of carbonyl (C=O) groups excluding carboxylic acids is 1. The number of nitrogens with zero attached hydrogens (tertiary/aromatic N) is 3. The van der Waals surface area contributed by atoms with E-state index in [-0.39, 0.29) is 5.69 Å². The summed E-state index contributed by atoms with van der Waals surface area (Å²) in [5, 5.41) is 10.5. The summed E-state index contributed by atoms with van der Waals surface area (Å²) < 4.78 is 0. The van der Waals surface area contributed by atoms with Gasteiger partial charge >= 0.3 is 0 Å². The van der Waals surface area contributed by atoms with Crippen LogP contribution in [-0.2, 0) is 6.54 Å². The first-order valence-corrected chi connectivity index (χ1v) is 5.03. The standard InChI is InChI=1S/C11H11N5O/c12-11(17)9-4-5-10(16-15-9)14-7-8-3-1-2-6-13-8/h1-6H,7H2,(H2,12,17)(H,14,16). The van der Waals surface area contributed by atoms with Crippen LogP contribution in [0.5, 0.6) is 0 Å². The third-order valence-electron chi connectivity index (χ3n) is 2.09. The van der Waals surface area contributed by atoms with Crippen LogP contribution in [0.25, 0.3) is 0 Å². The molecule has 0 spiro atoms. The molecule has 2 aromatic rings. The van der Waals surface area contributed by atoms with Crippen molar-refractivity contribution in [2.75, 3.05) is 5.32 Å². The van der Waals surface area contributed by atoms with Gasteiger partial charge in [0.2, 0.25) is 0 Å². The highest BCUT2D eigenvalue weighted by Gasteiger charge is 2.02. The topological polar surface area (TPSA) is 93.8 Å². The summed E-state index contributed by atoms with van der Waals surface area (Å²) in [6.07, 6.45) is 1.72. The van der Waals surface area contributed by atoms with Gasteiger partial charge in [0.05, 0.1) is 12.2 Å². The van der Waals surface area contributed by atoms with E-state index in [4.69, 9.17) is 5.73 Å². The van der Waals surface area contributed by atoms with E-state index in [0.29, 0.717) is 12.4 Å². The third kappa shape index (κ3) is 2.97. The quantitative estimate of drug-likeness (QED) is 0.799. The maximum absolute atomic E-state index is 10.8. The van der Waals surface area contributed by atoms with Crippen LogP contribution in [-0.4, -0.2) is 21.1 Å². The minimum absolute atomic E-state index is 0.147. The average molecular weight is 229 g/mol. The maximum atomic E-state index is 10.8. The summed E-state index contributed by atoms with van der Waals surface area (Å²) in [6, 6.07) is 8.83. The van der Waals surface area contributed by atoms with Crippen molar-refractivity contribution in [2.45, 2.75) is 6.54 Å². The van der Waals surface area contributed by atoms with Gasteiger partial charge in [-0.15, -0.1) is 10.2 Å². The van der Waals surface area contributed by atoms with Crippen LogP contribution < -0.4 is 11.1 Å². The molecule has 2 rings (SSSR count). The Labute approximate surface area is 97.9 Å². The van der Waals surface area contributed by atoms with Gasteiger partial charge in [-0.05, 0) is 24.3 Å². The fraction of sp³-hybridized carbons (Fsp3) is 0.0909. The summed E-state index contributed by atoms with van der Waals surface area (Å²) in [4.78, 5) is 14.9. The molecule has 0 aliphatic heterocycles. The second-order valence-electron chi connectivity index (χ2n) is 3.34. The van der Waals surface area contributed by atoms with E-state index < -0.39 is 5.91 Å². The van der Waals surface area contributed by atoms with Crippen LogP contribution in [0.2, 0.25) is 0 Å². The lowest BCUT2D eigenvalue weighted by atomic mass is 10.3. The Bertz CT molecular complexity index is 497. The molecule has 0 aliphatic rings. The smallest absolute Gasteiger partial charge is 0.269 e. The normalized spacial score (nSPS) is 9.88. The van der Waals surface area contributed by atoms with Crippen molar-refractivity contribution in [1.29, 1.82) is 0 Å². The van der Waals surface area contributed by atoms with Crippen molar-refractivity contribution < 1.29 is 4.79 Å². The molecule has 0 aliphatic carbocycles. The number of aromatic nitrogens is 3.